The zero-order valence-corrected chi connectivity index (χ0v) is 10.8. The lowest BCUT2D eigenvalue weighted by Crippen LogP contribution is -2.44. The van der Waals surface area contributed by atoms with Crippen molar-refractivity contribution in [3.05, 3.63) is 0 Å². The highest BCUT2D eigenvalue weighted by Gasteiger charge is 2.25. The van der Waals surface area contributed by atoms with Crippen LogP contribution >= 0.6 is 0 Å². The van der Waals surface area contributed by atoms with Gasteiger partial charge in [-0.25, -0.2) is 0 Å². The molecule has 92 valence electrons. The zero-order chi connectivity index (χ0) is 11.9. The second kappa shape index (κ2) is 7.16. The van der Waals surface area contributed by atoms with E-state index < -0.39 is 10.2 Å². The van der Waals surface area contributed by atoms with Crippen molar-refractivity contribution < 1.29 is 8.42 Å². The van der Waals surface area contributed by atoms with Crippen LogP contribution in [0.25, 0.3) is 0 Å². The van der Waals surface area contributed by atoms with Gasteiger partial charge in [-0.05, 0) is 13.0 Å². The minimum Gasteiger partial charge on any atom is -0.330 e. The van der Waals surface area contributed by atoms with Gasteiger partial charge in [0.05, 0.1) is 0 Å². The molecule has 0 heterocycles. The third kappa shape index (κ3) is 4.06. The molecule has 0 aliphatic rings. The van der Waals surface area contributed by atoms with E-state index in [0.29, 0.717) is 39.1 Å². The van der Waals surface area contributed by atoms with Gasteiger partial charge < -0.3 is 5.73 Å². The summed E-state index contributed by atoms with van der Waals surface area (Å²) in [5, 5.41) is 0. The maximum Gasteiger partial charge on any atom is 0.281 e. The Hall–Kier alpha value is -0.170. The van der Waals surface area contributed by atoms with E-state index in [1.54, 1.807) is 0 Å². The van der Waals surface area contributed by atoms with Gasteiger partial charge >= 0.3 is 0 Å². The first-order chi connectivity index (χ1) is 7.04. The van der Waals surface area contributed by atoms with Crippen molar-refractivity contribution in [1.82, 2.24) is 8.61 Å². The summed E-state index contributed by atoms with van der Waals surface area (Å²) in [7, 11) is -3.27. The molecule has 0 fully saturated rings. The van der Waals surface area contributed by atoms with Crippen LogP contribution in [0.4, 0.5) is 0 Å². The van der Waals surface area contributed by atoms with Gasteiger partial charge in [0, 0.05) is 26.2 Å². The molecule has 0 aromatic rings. The molecule has 6 heteroatoms. The van der Waals surface area contributed by atoms with E-state index in [9.17, 15) is 8.42 Å². The lowest BCUT2D eigenvalue weighted by atomic mass is 10.4. The van der Waals surface area contributed by atoms with E-state index in [1.807, 2.05) is 20.8 Å². The van der Waals surface area contributed by atoms with Crippen molar-refractivity contribution >= 4 is 10.2 Å². The number of nitrogens with zero attached hydrogens (tertiary/aromatic N) is 2. The van der Waals surface area contributed by atoms with Crippen LogP contribution in [0.15, 0.2) is 0 Å². The Kier molecular flexibility index (Phi) is 7.08. The summed E-state index contributed by atoms with van der Waals surface area (Å²) in [5.41, 5.74) is 5.38. The molecule has 0 saturated heterocycles. The highest BCUT2D eigenvalue weighted by atomic mass is 32.2. The number of nitrogens with two attached hydrogens (primary N) is 1. The van der Waals surface area contributed by atoms with Crippen LogP contribution in [0.3, 0.4) is 0 Å². The Morgan fingerprint density at radius 1 is 1.00 bits per heavy atom. The summed E-state index contributed by atoms with van der Waals surface area (Å²) in [5.74, 6) is 0. The molecule has 0 aromatic heterocycles. The van der Waals surface area contributed by atoms with Crippen LogP contribution in [0.1, 0.15) is 27.2 Å². The third-order valence-corrected chi connectivity index (χ3v) is 4.58. The molecule has 5 nitrogen and oxygen atoms in total. The number of rotatable bonds is 8. The molecule has 0 aliphatic carbocycles. The summed E-state index contributed by atoms with van der Waals surface area (Å²) in [6.45, 7) is 8.08. The van der Waals surface area contributed by atoms with Crippen LogP contribution in [0.2, 0.25) is 0 Å². The average Bonchev–Trinajstić information content (AvgIpc) is 2.20. The van der Waals surface area contributed by atoms with Crippen molar-refractivity contribution in [3.63, 3.8) is 0 Å². The SMILES string of the molecule is CCN(CC)S(=O)(=O)N(CC)CCCN. The van der Waals surface area contributed by atoms with Crippen molar-refractivity contribution in [3.8, 4) is 0 Å². The monoisotopic (exact) mass is 237 g/mol. The molecule has 0 rings (SSSR count). The molecule has 2 N–H and O–H groups in total. The Balaban J connectivity index is 4.64. The van der Waals surface area contributed by atoms with E-state index in [1.165, 1.54) is 8.61 Å². The van der Waals surface area contributed by atoms with Gasteiger partial charge in [-0.3, -0.25) is 0 Å². The minimum absolute atomic E-state index is 0.499. The fraction of sp³-hybridized carbons (Fsp3) is 1.00. The fourth-order valence-corrected chi connectivity index (χ4v) is 3.08. The lowest BCUT2D eigenvalue weighted by Gasteiger charge is -2.27. The molecule has 0 aliphatic heterocycles. The maximum absolute atomic E-state index is 12.0. The van der Waals surface area contributed by atoms with Crippen LogP contribution in [0, 0.1) is 0 Å². The summed E-state index contributed by atoms with van der Waals surface area (Å²) in [4.78, 5) is 0. The van der Waals surface area contributed by atoms with Gasteiger partial charge in [0.25, 0.3) is 10.2 Å². The molecule has 0 radical (unpaired) electrons. The smallest absolute Gasteiger partial charge is 0.281 e. The molecule has 0 unspecified atom stereocenters. The van der Waals surface area contributed by atoms with Crippen molar-refractivity contribution in [2.24, 2.45) is 5.73 Å². The normalized spacial score (nSPS) is 12.7. The Morgan fingerprint density at radius 3 is 1.80 bits per heavy atom. The molecular formula is C9H23N3O2S. The first-order valence-corrected chi connectivity index (χ1v) is 6.89. The van der Waals surface area contributed by atoms with Gasteiger partial charge in [-0.1, -0.05) is 20.8 Å². The maximum atomic E-state index is 12.0. The highest BCUT2D eigenvalue weighted by Crippen LogP contribution is 2.08. The van der Waals surface area contributed by atoms with Gasteiger partial charge in [0.15, 0.2) is 0 Å². The summed E-state index contributed by atoms with van der Waals surface area (Å²) < 4.78 is 27.0. The highest BCUT2D eigenvalue weighted by molar-refractivity contribution is 7.86. The summed E-state index contributed by atoms with van der Waals surface area (Å²) in [6, 6.07) is 0. The predicted octanol–water partition coefficient (Wildman–Crippen LogP) is 0.244. The van der Waals surface area contributed by atoms with E-state index >= 15 is 0 Å². The minimum atomic E-state index is -3.27. The number of hydrogen-bond acceptors (Lipinski definition) is 3. The van der Waals surface area contributed by atoms with E-state index in [-0.39, 0.29) is 0 Å². The quantitative estimate of drug-likeness (QED) is 0.658. The molecule has 0 aromatic carbocycles. The van der Waals surface area contributed by atoms with E-state index in [0.717, 1.165) is 0 Å². The topological polar surface area (TPSA) is 66.6 Å². The molecule has 0 saturated carbocycles. The standard InChI is InChI=1S/C9H23N3O2S/c1-4-11(5-2)15(13,14)12(6-3)9-7-8-10/h4-10H2,1-3H3. The molecule has 0 atom stereocenters. The molecule has 0 amide bonds. The zero-order valence-electron chi connectivity index (χ0n) is 9.94. The fourth-order valence-electron chi connectivity index (χ4n) is 1.42. The van der Waals surface area contributed by atoms with Crippen molar-refractivity contribution in [2.45, 2.75) is 27.2 Å². The largest absolute Gasteiger partial charge is 0.330 e. The Bertz CT molecular complexity index is 250. The number of hydrogen-bond donors (Lipinski definition) is 1. The molecule has 0 bridgehead atoms. The van der Waals surface area contributed by atoms with Crippen molar-refractivity contribution in [2.75, 3.05) is 32.7 Å². The van der Waals surface area contributed by atoms with Crippen LogP contribution < -0.4 is 5.73 Å². The third-order valence-electron chi connectivity index (χ3n) is 2.32. The summed E-state index contributed by atoms with van der Waals surface area (Å²) >= 11 is 0. The first-order valence-electron chi connectivity index (χ1n) is 5.49. The van der Waals surface area contributed by atoms with Gasteiger partial charge in [0.2, 0.25) is 0 Å². The average molecular weight is 237 g/mol. The Morgan fingerprint density at radius 2 is 1.47 bits per heavy atom. The molecular weight excluding hydrogens is 214 g/mol. The predicted molar refractivity (Wildman–Crippen MR) is 62.8 cm³/mol. The van der Waals surface area contributed by atoms with E-state index in [4.69, 9.17) is 5.73 Å². The van der Waals surface area contributed by atoms with Crippen LogP contribution in [0.5, 0.6) is 0 Å². The Labute approximate surface area is 93.4 Å². The van der Waals surface area contributed by atoms with E-state index in [2.05, 4.69) is 0 Å². The first kappa shape index (κ1) is 14.8. The molecule has 15 heavy (non-hydrogen) atoms. The summed E-state index contributed by atoms with van der Waals surface area (Å²) in [6.07, 6.45) is 0.703. The second-order valence-corrected chi connectivity index (χ2v) is 5.15. The second-order valence-electron chi connectivity index (χ2n) is 3.23. The molecule has 0 spiro atoms. The van der Waals surface area contributed by atoms with Gasteiger partial charge in [0.1, 0.15) is 0 Å². The van der Waals surface area contributed by atoms with Gasteiger partial charge in [-0.15, -0.1) is 0 Å². The lowest BCUT2D eigenvalue weighted by molar-refractivity contribution is 0.354. The van der Waals surface area contributed by atoms with Gasteiger partial charge in [-0.2, -0.15) is 17.0 Å². The van der Waals surface area contributed by atoms with Crippen molar-refractivity contribution in [1.29, 1.82) is 0 Å². The van der Waals surface area contributed by atoms with Crippen LogP contribution in [-0.4, -0.2) is 49.8 Å². The van der Waals surface area contributed by atoms with Crippen LogP contribution in [-0.2, 0) is 10.2 Å².